The number of aliphatic hydroxyl groups excluding tert-OH is 1. The Morgan fingerprint density at radius 3 is 2.20 bits per heavy atom. The van der Waals surface area contributed by atoms with Crippen molar-refractivity contribution in [3.8, 4) is 0 Å². The lowest BCUT2D eigenvalue weighted by Gasteiger charge is -2.24. The number of nitrogens with one attached hydrogen (secondary N) is 1. The van der Waals surface area contributed by atoms with Gasteiger partial charge in [0.25, 0.3) is 0 Å². The molecule has 2 N–H and O–H groups in total. The lowest BCUT2D eigenvalue weighted by atomic mass is 9.95. The van der Waals surface area contributed by atoms with Crippen LogP contribution in [0, 0.1) is 6.92 Å². The van der Waals surface area contributed by atoms with Crippen molar-refractivity contribution >= 4 is 39.7 Å². The van der Waals surface area contributed by atoms with Gasteiger partial charge in [-0.05, 0) is 59.2 Å². The van der Waals surface area contributed by atoms with Gasteiger partial charge in [-0.3, -0.25) is 0 Å². The van der Waals surface area contributed by atoms with E-state index in [-0.39, 0.29) is 6.04 Å². The minimum absolute atomic E-state index is 0.135. The highest BCUT2D eigenvalue weighted by molar-refractivity contribution is 6.42. The van der Waals surface area contributed by atoms with Crippen molar-refractivity contribution in [2.45, 2.75) is 25.5 Å². The first-order valence-electron chi connectivity index (χ1n) is 9.94. The van der Waals surface area contributed by atoms with Crippen LogP contribution in [0.3, 0.4) is 0 Å². The molecule has 0 aliphatic carbocycles. The molecular formula is C26H23Cl2NO. The van der Waals surface area contributed by atoms with Crippen LogP contribution in [0.2, 0.25) is 10.0 Å². The van der Waals surface area contributed by atoms with Crippen molar-refractivity contribution in [3.05, 3.63) is 112 Å². The lowest BCUT2D eigenvalue weighted by molar-refractivity contribution is 0.161. The number of hydrogen-bond acceptors (Lipinski definition) is 2. The van der Waals surface area contributed by atoms with E-state index in [0.717, 1.165) is 27.6 Å². The highest BCUT2D eigenvalue weighted by Gasteiger charge is 2.19. The Morgan fingerprint density at radius 1 is 0.767 bits per heavy atom. The Morgan fingerprint density at radius 2 is 1.47 bits per heavy atom. The highest BCUT2D eigenvalue weighted by atomic mass is 35.5. The summed E-state index contributed by atoms with van der Waals surface area (Å²) >= 11 is 12.4. The van der Waals surface area contributed by atoms with Gasteiger partial charge in [0.1, 0.15) is 0 Å². The summed E-state index contributed by atoms with van der Waals surface area (Å²) < 4.78 is 0. The third kappa shape index (κ3) is 4.79. The standard InChI is InChI=1S/C26H23Cl2NO/c1-17-6-11-22(12-7-17)29-25(20-10-13-23(27)24(28)15-20)16-26(30)21-9-8-18-4-2-3-5-19(18)14-21/h2-15,25-26,29-30H,16H2,1H3. The quantitative estimate of drug-likeness (QED) is 0.324. The van der Waals surface area contributed by atoms with Gasteiger partial charge in [0.15, 0.2) is 0 Å². The van der Waals surface area contributed by atoms with Gasteiger partial charge < -0.3 is 10.4 Å². The molecule has 0 radical (unpaired) electrons. The topological polar surface area (TPSA) is 32.3 Å². The van der Waals surface area contributed by atoms with Gasteiger partial charge in [-0.15, -0.1) is 0 Å². The number of rotatable bonds is 6. The molecule has 0 aliphatic heterocycles. The summed E-state index contributed by atoms with van der Waals surface area (Å²) in [5.74, 6) is 0. The Hall–Kier alpha value is -2.52. The van der Waals surface area contributed by atoms with Crippen molar-refractivity contribution < 1.29 is 5.11 Å². The zero-order chi connectivity index (χ0) is 21.1. The zero-order valence-electron chi connectivity index (χ0n) is 16.6. The maximum Gasteiger partial charge on any atom is 0.0813 e. The van der Waals surface area contributed by atoms with Crippen molar-refractivity contribution in [2.24, 2.45) is 0 Å². The van der Waals surface area contributed by atoms with Gasteiger partial charge >= 0.3 is 0 Å². The van der Waals surface area contributed by atoms with Crippen LogP contribution in [0.5, 0.6) is 0 Å². The Bertz CT molecular complexity index is 1160. The third-order valence-electron chi connectivity index (χ3n) is 5.36. The average molecular weight is 436 g/mol. The second kappa shape index (κ2) is 9.09. The van der Waals surface area contributed by atoms with Crippen LogP contribution in [-0.2, 0) is 0 Å². The molecule has 0 spiro atoms. The van der Waals surface area contributed by atoms with Gasteiger partial charge in [0.2, 0.25) is 0 Å². The Labute approximate surface area is 187 Å². The van der Waals surface area contributed by atoms with Gasteiger partial charge in [-0.25, -0.2) is 0 Å². The molecule has 4 heteroatoms. The number of benzene rings is 4. The summed E-state index contributed by atoms with van der Waals surface area (Å²) in [4.78, 5) is 0. The van der Waals surface area contributed by atoms with Crippen LogP contribution in [0.1, 0.15) is 35.3 Å². The number of aliphatic hydroxyl groups is 1. The molecule has 0 aliphatic rings. The maximum absolute atomic E-state index is 11.1. The molecule has 4 aromatic rings. The minimum atomic E-state index is -0.632. The van der Waals surface area contributed by atoms with Gasteiger partial charge in [-0.2, -0.15) is 0 Å². The van der Waals surface area contributed by atoms with E-state index in [9.17, 15) is 5.11 Å². The summed E-state index contributed by atoms with van der Waals surface area (Å²) in [5.41, 5.74) is 4.06. The first-order chi connectivity index (χ1) is 14.5. The van der Waals surface area contributed by atoms with E-state index in [2.05, 4.69) is 48.6 Å². The molecule has 4 rings (SSSR count). The first-order valence-corrected chi connectivity index (χ1v) is 10.7. The van der Waals surface area contributed by atoms with E-state index in [1.807, 2.05) is 42.5 Å². The van der Waals surface area contributed by atoms with E-state index in [1.54, 1.807) is 6.07 Å². The molecule has 30 heavy (non-hydrogen) atoms. The van der Waals surface area contributed by atoms with Crippen LogP contribution >= 0.6 is 23.2 Å². The van der Waals surface area contributed by atoms with Crippen molar-refractivity contribution in [2.75, 3.05) is 5.32 Å². The fourth-order valence-electron chi connectivity index (χ4n) is 3.63. The van der Waals surface area contributed by atoms with Crippen molar-refractivity contribution in [1.29, 1.82) is 0 Å². The molecule has 0 saturated heterocycles. The molecular weight excluding hydrogens is 413 g/mol. The highest BCUT2D eigenvalue weighted by Crippen LogP contribution is 2.34. The predicted octanol–water partition coefficient (Wildman–Crippen LogP) is 7.73. The van der Waals surface area contributed by atoms with Gasteiger partial charge in [0.05, 0.1) is 22.2 Å². The summed E-state index contributed by atoms with van der Waals surface area (Å²) in [6.45, 7) is 2.06. The Balaban J connectivity index is 1.63. The molecule has 2 atom stereocenters. The fourth-order valence-corrected chi connectivity index (χ4v) is 3.94. The van der Waals surface area contributed by atoms with Crippen LogP contribution in [0.25, 0.3) is 10.8 Å². The molecule has 0 fully saturated rings. The molecule has 4 aromatic carbocycles. The third-order valence-corrected chi connectivity index (χ3v) is 6.09. The molecule has 2 unspecified atom stereocenters. The van der Waals surface area contributed by atoms with Gasteiger partial charge in [-0.1, -0.05) is 83.4 Å². The van der Waals surface area contributed by atoms with E-state index in [1.165, 1.54) is 5.56 Å². The molecule has 2 nitrogen and oxygen atoms in total. The molecule has 0 bridgehead atoms. The number of aryl methyl sites for hydroxylation is 1. The van der Waals surface area contributed by atoms with Crippen molar-refractivity contribution in [3.63, 3.8) is 0 Å². The zero-order valence-corrected chi connectivity index (χ0v) is 18.2. The summed E-state index contributed by atoms with van der Waals surface area (Å²) in [7, 11) is 0. The van der Waals surface area contributed by atoms with E-state index >= 15 is 0 Å². The van der Waals surface area contributed by atoms with Crippen LogP contribution in [0.4, 0.5) is 5.69 Å². The Kier molecular flexibility index (Phi) is 6.29. The van der Waals surface area contributed by atoms with E-state index in [4.69, 9.17) is 23.2 Å². The average Bonchev–Trinajstić information content (AvgIpc) is 2.76. The summed E-state index contributed by atoms with van der Waals surface area (Å²) in [6, 6.07) is 27.9. The number of fused-ring (bicyclic) bond motifs is 1. The number of anilines is 1. The van der Waals surface area contributed by atoms with Crippen LogP contribution in [-0.4, -0.2) is 5.11 Å². The molecule has 0 saturated carbocycles. The van der Waals surface area contributed by atoms with Gasteiger partial charge in [0, 0.05) is 12.1 Å². The molecule has 0 amide bonds. The second-order valence-electron chi connectivity index (χ2n) is 7.59. The van der Waals surface area contributed by atoms with E-state index < -0.39 is 6.10 Å². The number of hydrogen-bond donors (Lipinski definition) is 2. The maximum atomic E-state index is 11.1. The fraction of sp³-hybridized carbons (Fsp3) is 0.154. The summed E-state index contributed by atoms with van der Waals surface area (Å²) in [5, 5.41) is 17.9. The second-order valence-corrected chi connectivity index (χ2v) is 8.41. The van der Waals surface area contributed by atoms with Crippen LogP contribution < -0.4 is 5.32 Å². The SMILES string of the molecule is Cc1ccc(NC(CC(O)c2ccc3ccccc3c2)c2ccc(Cl)c(Cl)c2)cc1. The van der Waals surface area contributed by atoms with E-state index in [0.29, 0.717) is 16.5 Å². The monoisotopic (exact) mass is 435 g/mol. The molecule has 0 aromatic heterocycles. The number of halogens is 2. The largest absolute Gasteiger partial charge is 0.388 e. The minimum Gasteiger partial charge on any atom is -0.388 e. The smallest absolute Gasteiger partial charge is 0.0813 e. The molecule has 152 valence electrons. The molecule has 0 heterocycles. The first kappa shape index (κ1) is 20.7. The van der Waals surface area contributed by atoms with Crippen molar-refractivity contribution in [1.82, 2.24) is 0 Å². The summed E-state index contributed by atoms with van der Waals surface area (Å²) in [6.07, 6.45) is -0.142. The normalized spacial score (nSPS) is 13.2. The van der Waals surface area contributed by atoms with Crippen LogP contribution in [0.15, 0.2) is 84.9 Å². The lowest BCUT2D eigenvalue weighted by Crippen LogP contribution is -2.15. The predicted molar refractivity (Wildman–Crippen MR) is 128 cm³/mol.